The van der Waals surface area contributed by atoms with Crippen molar-refractivity contribution in [2.24, 2.45) is 0 Å². The lowest BCUT2D eigenvalue weighted by Gasteiger charge is -2.28. The van der Waals surface area contributed by atoms with E-state index in [0.29, 0.717) is 0 Å². The van der Waals surface area contributed by atoms with Crippen LogP contribution in [0.5, 0.6) is 0 Å². The van der Waals surface area contributed by atoms with E-state index in [1.165, 1.54) is 228 Å². The van der Waals surface area contributed by atoms with Crippen molar-refractivity contribution < 1.29 is 0 Å². The van der Waals surface area contributed by atoms with Crippen LogP contribution in [0.4, 0.5) is 0 Å². The zero-order valence-corrected chi connectivity index (χ0v) is 53.6. The highest BCUT2D eigenvalue weighted by Crippen LogP contribution is 2.60. The molecule has 16 aromatic rings. The molecule has 2 spiro atoms. The second-order valence-corrected chi connectivity index (χ2v) is 27.9. The van der Waals surface area contributed by atoms with E-state index in [2.05, 4.69) is 325 Å². The van der Waals surface area contributed by atoms with Gasteiger partial charge in [0.15, 0.2) is 0 Å². The number of fused-ring (bicyclic) bond motifs is 18. The number of hydrogen-bond donors (Lipinski definition) is 0. The number of hydrogen-bond acceptors (Lipinski definition) is 0. The van der Waals surface area contributed by atoms with Crippen LogP contribution in [-0.2, 0) is 10.8 Å². The van der Waals surface area contributed by atoms with Gasteiger partial charge in [0.05, 0.1) is 22.1 Å². The summed E-state index contributed by atoms with van der Waals surface area (Å²) in [5.74, 6) is 0. The Kier molecular flexibility index (Phi) is 12.4. The minimum Gasteiger partial charge on any atom is -0.309 e. The van der Waals surface area contributed by atoms with Crippen molar-refractivity contribution in [3.8, 4) is 67.0 Å². The van der Waals surface area contributed by atoms with Gasteiger partial charge in [-0.3, -0.25) is 0 Å². The van der Waals surface area contributed by atoms with Crippen molar-refractivity contribution in [3.63, 3.8) is 0 Å². The molecule has 0 atom stereocenters. The minimum absolute atomic E-state index is 0.0328. The summed E-state index contributed by atoms with van der Waals surface area (Å²) in [6, 6.07) is 110. The van der Waals surface area contributed by atoms with Gasteiger partial charge in [-0.2, -0.15) is 0 Å². The Morgan fingerprint density at radius 1 is 0.229 bits per heavy atom. The van der Waals surface area contributed by atoms with Gasteiger partial charge in [0.1, 0.15) is 0 Å². The van der Waals surface area contributed by atoms with Gasteiger partial charge >= 0.3 is 0 Å². The molecule has 0 unspecified atom stereocenters. The monoisotopic (exact) mass is 1220 g/mol. The molecular weight excluding hydrogens is 1160 g/mol. The number of aromatic nitrogens is 2. The summed E-state index contributed by atoms with van der Waals surface area (Å²) in [5, 5.41) is 10.1. The molecule has 0 aliphatic heterocycles. The number of rotatable bonds is 9. The number of para-hydroxylation sites is 2. The molecule has 0 N–H and O–H groups in total. The molecule has 0 bridgehead atoms. The number of benzene rings is 14. The molecule has 2 fully saturated rings. The lowest BCUT2D eigenvalue weighted by molar-refractivity contribution is 0.549. The Balaban J connectivity index is 0.550. The summed E-state index contributed by atoms with van der Waals surface area (Å²) in [6.45, 7) is 0. The van der Waals surface area contributed by atoms with E-state index in [1.807, 2.05) is 0 Å². The van der Waals surface area contributed by atoms with Crippen LogP contribution < -0.4 is 0 Å². The molecule has 4 aliphatic rings. The summed E-state index contributed by atoms with van der Waals surface area (Å²) < 4.78 is 4.82. The Bertz CT molecular complexity index is 5580. The van der Waals surface area contributed by atoms with Crippen molar-refractivity contribution in [1.82, 2.24) is 9.13 Å². The molecular formula is C94H68N2. The van der Waals surface area contributed by atoms with E-state index in [0.717, 1.165) is 0 Å². The zero-order valence-electron chi connectivity index (χ0n) is 53.6. The molecule has 454 valence electrons. The van der Waals surface area contributed by atoms with Crippen molar-refractivity contribution in [3.05, 3.63) is 336 Å². The summed E-state index contributed by atoms with van der Waals surface area (Å²) in [4.78, 5) is 0. The van der Waals surface area contributed by atoms with Crippen LogP contribution in [0.3, 0.4) is 0 Å². The Morgan fingerprint density at radius 3 is 0.938 bits per heavy atom. The third-order valence-corrected chi connectivity index (χ3v) is 22.8. The molecule has 0 saturated heterocycles. The molecule has 2 heteroatoms. The fourth-order valence-corrected chi connectivity index (χ4v) is 18.1. The van der Waals surface area contributed by atoms with Gasteiger partial charge in [-0.1, -0.05) is 256 Å². The highest BCUT2D eigenvalue weighted by atomic mass is 15.0. The van der Waals surface area contributed by atoms with Crippen molar-refractivity contribution >= 4 is 89.5 Å². The van der Waals surface area contributed by atoms with Gasteiger partial charge in [0, 0.05) is 43.7 Å². The first kappa shape index (κ1) is 55.2. The first-order chi connectivity index (χ1) is 47.5. The Hall–Kier alpha value is -11.3. The summed E-state index contributed by atoms with van der Waals surface area (Å²) in [7, 11) is 0. The summed E-state index contributed by atoms with van der Waals surface area (Å²) in [6.07, 6.45) is 18.9. The Labute approximate surface area is 560 Å². The van der Waals surface area contributed by atoms with E-state index < -0.39 is 0 Å². The van der Waals surface area contributed by atoms with Gasteiger partial charge in [-0.15, -0.1) is 0 Å². The molecule has 14 aromatic carbocycles. The summed E-state index contributed by atoms with van der Waals surface area (Å²) in [5.41, 5.74) is 31.7. The van der Waals surface area contributed by atoms with Gasteiger partial charge < -0.3 is 9.13 Å². The van der Waals surface area contributed by atoms with E-state index in [-0.39, 0.29) is 10.8 Å². The molecule has 2 heterocycles. The van der Waals surface area contributed by atoms with Gasteiger partial charge in [-0.05, 0) is 232 Å². The van der Waals surface area contributed by atoms with Crippen molar-refractivity contribution in [2.45, 2.75) is 62.2 Å². The predicted molar refractivity (Wildman–Crippen MR) is 407 cm³/mol. The second-order valence-electron chi connectivity index (χ2n) is 27.9. The fourth-order valence-electron chi connectivity index (χ4n) is 18.1. The average molecular weight is 1230 g/mol. The largest absolute Gasteiger partial charge is 0.309 e. The van der Waals surface area contributed by atoms with Crippen LogP contribution in [0.2, 0.25) is 0 Å². The zero-order chi connectivity index (χ0) is 63.1. The van der Waals surface area contributed by atoms with E-state index in [4.69, 9.17) is 0 Å². The molecule has 2 aromatic heterocycles. The maximum absolute atomic E-state index is 2.61. The SMILES string of the molecule is C(=C\c1ccc2c(c1)c1ccccc1n2-c1ccc2ccccc2c1)/c1ccc(-c2ccc3c(c2)C2(CCCC2)c2cc(-c4ccc5c(c4)C4(CCCC4)c4cc(-c6ccc(/C=C/c7ccc8c(c7)c7ccccc7n8-c7ccc8ccccc8c7)cc6)ccc4-5)ccc2-3)cc1. The van der Waals surface area contributed by atoms with Crippen LogP contribution in [0.15, 0.2) is 291 Å². The van der Waals surface area contributed by atoms with E-state index in [1.54, 1.807) is 0 Å². The third-order valence-electron chi connectivity index (χ3n) is 22.8. The highest BCUT2D eigenvalue weighted by Gasteiger charge is 2.47. The van der Waals surface area contributed by atoms with Crippen LogP contribution in [0, 0.1) is 0 Å². The van der Waals surface area contributed by atoms with Crippen LogP contribution in [-0.4, -0.2) is 9.13 Å². The molecule has 2 saturated carbocycles. The second kappa shape index (κ2) is 21.6. The predicted octanol–water partition coefficient (Wildman–Crippen LogP) is 25.2. The van der Waals surface area contributed by atoms with E-state index in [9.17, 15) is 0 Å². The molecule has 20 rings (SSSR count). The van der Waals surface area contributed by atoms with Gasteiger partial charge in [-0.25, -0.2) is 0 Å². The normalized spacial score (nSPS) is 15.0. The molecule has 0 radical (unpaired) electrons. The molecule has 2 nitrogen and oxygen atoms in total. The maximum Gasteiger partial charge on any atom is 0.0541 e. The smallest absolute Gasteiger partial charge is 0.0541 e. The first-order valence-electron chi connectivity index (χ1n) is 34.7. The lowest BCUT2D eigenvalue weighted by Crippen LogP contribution is -2.21. The van der Waals surface area contributed by atoms with Crippen LogP contribution >= 0.6 is 0 Å². The third kappa shape index (κ3) is 8.64. The standard InChI is InChI=1S/C94H68N2/c1-3-15-69-55-75(41-35-65(69)13-1)95-89-19-7-5-17-81(89)83-53-63(29-47-91(83)95)23-21-61-25-31-67(32-26-61)71-37-43-77-79-45-39-73(59-87(79)93(85(77)57-71)49-9-10-50-93)74-40-46-80-78-44-38-72(58-86(78)94(88(80)60-74)51-11-12-52-94)68-33-27-62(28-34-68)22-24-64-30-48-92-84(54-64)82-18-6-8-20-90(82)96(92)76-42-36-66-14-2-4-16-70(66)56-76/h1-8,13-48,53-60H,9-12,49-52H2/b23-21+,24-22+. The van der Waals surface area contributed by atoms with Crippen molar-refractivity contribution in [2.75, 3.05) is 0 Å². The first-order valence-corrected chi connectivity index (χ1v) is 34.7. The topological polar surface area (TPSA) is 9.86 Å². The van der Waals surface area contributed by atoms with Crippen LogP contribution in [0.25, 0.3) is 156 Å². The summed E-state index contributed by atoms with van der Waals surface area (Å²) >= 11 is 0. The van der Waals surface area contributed by atoms with Crippen LogP contribution in [0.1, 0.15) is 95.9 Å². The lowest BCUT2D eigenvalue weighted by atomic mass is 9.75. The average Bonchev–Trinajstić information content (AvgIpc) is 1.57. The molecule has 96 heavy (non-hydrogen) atoms. The Morgan fingerprint density at radius 2 is 0.542 bits per heavy atom. The van der Waals surface area contributed by atoms with Gasteiger partial charge in [0.25, 0.3) is 0 Å². The van der Waals surface area contributed by atoms with Crippen molar-refractivity contribution in [1.29, 1.82) is 0 Å². The molecule has 4 aliphatic carbocycles. The number of nitrogens with zero attached hydrogens (tertiary/aromatic N) is 2. The van der Waals surface area contributed by atoms with E-state index >= 15 is 0 Å². The quantitative estimate of drug-likeness (QED) is 0.128. The minimum atomic E-state index is 0.0328. The van der Waals surface area contributed by atoms with Gasteiger partial charge in [0.2, 0.25) is 0 Å². The maximum atomic E-state index is 2.61. The fraction of sp³-hybridized carbons (Fsp3) is 0.106. The highest BCUT2D eigenvalue weighted by molar-refractivity contribution is 6.12. The molecule has 0 amide bonds.